The maximum absolute atomic E-state index is 12.4. The van der Waals surface area contributed by atoms with Gasteiger partial charge in [-0.1, -0.05) is 24.3 Å². The molecule has 0 fully saturated rings. The van der Waals surface area contributed by atoms with Crippen molar-refractivity contribution in [2.45, 2.75) is 18.0 Å². The SMILES string of the molecule is CNS(=O)(=O)c1cc(C(=O)NCc2ccc(CN(C)C)cc2)ccc1OC. The second kappa shape index (κ2) is 8.98. The highest BCUT2D eigenvalue weighted by Gasteiger charge is 2.20. The van der Waals surface area contributed by atoms with E-state index in [0.29, 0.717) is 6.54 Å². The highest BCUT2D eigenvalue weighted by atomic mass is 32.2. The number of amides is 1. The van der Waals surface area contributed by atoms with Crippen molar-refractivity contribution in [3.8, 4) is 5.75 Å². The number of ether oxygens (including phenoxy) is 1. The fraction of sp³-hybridized carbons (Fsp3) is 0.316. The highest BCUT2D eigenvalue weighted by Crippen LogP contribution is 2.24. The van der Waals surface area contributed by atoms with E-state index in [4.69, 9.17) is 4.74 Å². The van der Waals surface area contributed by atoms with Crippen LogP contribution in [0.2, 0.25) is 0 Å². The maximum Gasteiger partial charge on any atom is 0.251 e. The summed E-state index contributed by atoms with van der Waals surface area (Å²) in [6.45, 7) is 1.20. The van der Waals surface area contributed by atoms with E-state index in [9.17, 15) is 13.2 Å². The largest absolute Gasteiger partial charge is 0.495 e. The molecule has 2 rings (SSSR count). The predicted octanol–water partition coefficient (Wildman–Crippen LogP) is 1.59. The van der Waals surface area contributed by atoms with Crippen molar-refractivity contribution in [1.29, 1.82) is 0 Å². The van der Waals surface area contributed by atoms with E-state index in [1.165, 1.54) is 37.9 Å². The van der Waals surface area contributed by atoms with Crippen LogP contribution < -0.4 is 14.8 Å². The zero-order valence-corrected chi connectivity index (χ0v) is 16.8. The molecule has 0 aliphatic heterocycles. The van der Waals surface area contributed by atoms with Crippen LogP contribution in [0.5, 0.6) is 5.75 Å². The number of rotatable bonds is 8. The summed E-state index contributed by atoms with van der Waals surface area (Å²) in [6.07, 6.45) is 0. The lowest BCUT2D eigenvalue weighted by molar-refractivity contribution is 0.0950. The predicted molar refractivity (Wildman–Crippen MR) is 104 cm³/mol. The average molecular weight is 391 g/mol. The summed E-state index contributed by atoms with van der Waals surface area (Å²) in [5.41, 5.74) is 2.39. The van der Waals surface area contributed by atoms with Crippen molar-refractivity contribution in [2.75, 3.05) is 28.3 Å². The molecule has 0 unspecified atom stereocenters. The molecule has 0 bridgehead atoms. The van der Waals surface area contributed by atoms with Crippen molar-refractivity contribution >= 4 is 15.9 Å². The first-order chi connectivity index (χ1) is 12.8. The molecule has 146 valence electrons. The van der Waals surface area contributed by atoms with Crippen molar-refractivity contribution < 1.29 is 17.9 Å². The Bertz CT molecular complexity index is 894. The maximum atomic E-state index is 12.4. The monoisotopic (exact) mass is 391 g/mol. The molecule has 0 aliphatic carbocycles. The molecule has 8 heteroatoms. The zero-order chi connectivity index (χ0) is 20.0. The van der Waals surface area contributed by atoms with Crippen LogP contribution in [-0.4, -0.2) is 47.5 Å². The molecule has 0 saturated heterocycles. The molecule has 27 heavy (non-hydrogen) atoms. The molecule has 0 aromatic heterocycles. The van der Waals surface area contributed by atoms with E-state index in [1.807, 2.05) is 38.4 Å². The first kappa shape index (κ1) is 20.9. The fourth-order valence-corrected chi connectivity index (χ4v) is 3.47. The molecule has 2 aromatic carbocycles. The summed E-state index contributed by atoms with van der Waals surface area (Å²) in [5.74, 6) is -0.181. The number of hydrogen-bond donors (Lipinski definition) is 2. The highest BCUT2D eigenvalue weighted by molar-refractivity contribution is 7.89. The Morgan fingerprint density at radius 1 is 1.07 bits per heavy atom. The number of nitrogens with one attached hydrogen (secondary N) is 2. The van der Waals surface area contributed by atoms with Crippen molar-refractivity contribution in [3.05, 3.63) is 59.2 Å². The Hall–Kier alpha value is -2.42. The number of methoxy groups -OCH3 is 1. The Morgan fingerprint density at radius 2 is 1.70 bits per heavy atom. The molecular weight excluding hydrogens is 366 g/mol. The van der Waals surface area contributed by atoms with Crippen molar-refractivity contribution in [3.63, 3.8) is 0 Å². The van der Waals surface area contributed by atoms with Gasteiger partial charge in [-0.2, -0.15) is 0 Å². The van der Waals surface area contributed by atoms with Crippen LogP contribution in [-0.2, 0) is 23.1 Å². The zero-order valence-electron chi connectivity index (χ0n) is 15.9. The van der Waals surface area contributed by atoms with Gasteiger partial charge in [0, 0.05) is 18.7 Å². The lowest BCUT2D eigenvalue weighted by Crippen LogP contribution is -2.24. The molecule has 0 saturated carbocycles. The van der Waals surface area contributed by atoms with E-state index in [2.05, 4.69) is 14.9 Å². The standard InChI is InChI=1S/C19H25N3O4S/c1-20-27(24,25)18-11-16(9-10-17(18)26-4)19(23)21-12-14-5-7-15(8-6-14)13-22(2)3/h5-11,20H,12-13H2,1-4H3,(H,21,23). The summed E-state index contributed by atoms with van der Waals surface area (Å²) < 4.78 is 31.5. The average Bonchev–Trinajstić information content (AvgIpc) is 2.66. The number of carbonyl (C=O) groups excluding carboxylic acids is 1. The Labute approximate surface area is 160 Å². The quantitative estimate of drug-likeness (QED) is 0.714. The minimum absolute atomic E-state index is 0.0758. The van der Waals surface area contributed by atoms with Crippen molar-refractivity contribution in [2.24, 2.45) is 0 Å². The lowest BCUT2D eigenvalue weighted by Gasteiger charge is -2.12. The summed E-state index contributed by atoms with van der Waals surface area (Å²) in [7, 11) is 2.96. The van der Waals surface area contributed by atoms with Gasteiger partial charge in [-0.25, -0.2) is 13.1 Å². The van der Waals surface area contributed by atoms with Crippen LogP contribution in [0.4, 0.5) is 0 Å². The van der Waals surface area contributed by atoms with Crippen molar-refractivity contribution in [1.82, 2.24) is 14.9 Å². The molecule has 7 nitrogen and oxygen atoms in total. The van der Waals surface area contributed by atoms with E-state index in [-0.39, 0.29) is 22.1 Å². The van der Waals surface area contributed by atoms with E-state index in [1.54, 1.807) is 0 Å². The molecule has 0 radical (unpaired) electrons. The Balaban J connectivity index is 2.11. The number of hydrogen-bond acceptors (Lipinski definition) is 5. The summed E-state index contributed by atoms with van der Waals surface area (Å²) in [4.78, 5) is 14.4. The molecule has 0 atom stereocenters. The molecule has 1 amide bonds. The molecule has 2 N–H and O–H groups in total. The van der Waals surface area contributed by atoms with Gasteiger partial charge in [0.2, 0.25) is 10.0 Å². The van der Waals surface area contributed by atoms with Crippen LogP contribution in [0, 0.1) is 0 Å². The summed E-state index contributed by atoms with van der Waals surface area (Å²) >= 11 is 0. The molecule has 0 aliphatic rings. The van der Waals surface area contributed by atoms with Gasteiger partial charge in [0.05, 0.1) is 7.11 Å². The Morgan fingerprint density at radius 3 is 2.26 bits per heavy atom. The molecule has 2 aromatic rings. The first-order valence-electron chi connectivity index (χ1n) is 8.39. The Kier molecular flexibility index (Phi) is 6.95. The number of carbonyl (C=O) groups is 1. The van der Waals surface area contributed by atoms with Gasteiger partial charge in [0.1, 0.15) is 10.6 Å². The summed E-state index contributed by atoms with van der Waals surface area (Å²) in [6, 6.07) is 12.3. The third-order valence-electron chi connectivity index (χ3n) is 3.96. The van der Waals surface area contributed by atoms with E-state index < -0.39 is 10.0 Å². The molecular formula is C19H25N3O4S. The van der Waals surface area contributed by atoms with Crippen LogP contribution in [0.3, 0.4) is 0 Å². The second-order valence-corrected chi connectivity index (χ2v) is 8.17. The van der Waals surface area contributed by atoms with Gasteiger partial charge in [0.15, 0.2) is 0 Å². The van der Waals surface area contributed by atoms with Gasteiger partial charge in [-0.15, -0.1) is 0 Å². The van der Waals surface area contributed by atoms with Crippen LogP contribution >= 0.6 is 0 Å². The van der Waals surface area contributed by atoms with Crippen LogP contribution in [0.1, 0.15) is 21.5 Å². The number of sulfonamides is 1. The third-order valence-corrected chi connectivity index (χ3v) is 5.39. The molecule has 0 spiro atoms. The van der Waals surface area contributed by atoms with E-state index in [0.717, 1.165) is 12.1 Å². The van der Waals surface area contributed by atoms with Gasteiger partial charge in [-0.05, 0) is 50.5 Å². The normalized spacial score (nSPS) is 11.4. The number of nitrogens with zero attached hydrogens (tertiary/aromatic N) is 1. The van der Waals surface area contributed by atoms with Gasteiger partial charge in [-0.3, -0.25) is 4.79 Å². The van der Waals surface area contributed by atoms with Gasteiger partial charge >= 0.3 is 0 Å². The van der Waals surface area contributed by atoms with Crippen LogP contribution in [0.15, 0.2) is 47.4 Å². The second-order valence-electron chi connectivity index (χ2n) is 6.31. The van der Waals surface area contributed by atoms with Gasteiger partial charge < -0.3 is 15.0 Å². The van der Waals surface area contributed by atoms with E-state index >= 15 is 0 Å². The number of benzene rings is 2. The minimum Gasteiger partial charge on any atom is -0.495 e. The topological polar surface area (TPSA) is 87.7 Å². The smallest absolute Gasteiger partial charge is 0.251 e. The van der Waals surface area contributed by atoms with Gasteiger partial charge in [0.25, 0.3) is 5.91 Å². The fourth-order valence-electron chi connectivity index (χ4n) is 2.55. The summed E-state index contributed by atoms with van der Waals surface area (Å²) in [5, 5.41) is 2.80. The lowest BCUT2D eigenvalue weighted by atomic mass is 10.1. The minimum atomic E-state index is -3.74. The van der Waals surface area contributed by atoms with Crippen LogP contribution in [0.25, 0.3) is 0 Å². The molecule has 0 heterocycles. The first-order valence-corrected chi connectivity index (χ1v) is 9.87. The third kappa shape index (κ3) is 5.53.